The van der Waals surface area contributed by atoms with Crippen LogP contribution in [0.15, 0.2) is 54.7 Å². The molecular formula is C21H21N2O2P. The predicted molar refractivity (Wildman–Crippen MR) is 107 cm³/mol. The van der Waals surface area contributed by atoms with E-state index in [9.17, 15) is 4.79 Å². The van der Waals surface area contributed by atoms with E-state index in [0.717, 1.165) is 22.0 Å². The Bertz CT molecular complexity index is 924. The Kier molecular flexibility index (Phi) is 5.75. The van der Waals surface area contributed by atoms with Crippen LogP contribution in [0.4, 0.5) is 0 Å². The highest BCUT2D eigenvalue weighted by molar-refractivity contribution is 7.27. The largest absolute Gasteiger partial charge is 0.473 e. The number of benzene rings is 2. The molecule has 3 aromatic rings. The van der Waals surface area contributed by atoms with Gasteiger partial charge in [-0.05, 0) is 30.3 Å². The molecule has 0 fully saturated rings. The molecule has 1 heterocycles. The summed E-state index contributed by atoms with van der Waals surface area (Å²) in [6.45, 7) is 4.11. The minimum atomic E-state index is 0.147. The first-order chi connectivity index (χ1) is 12.5. The molecule has 4 nitrogen and oxygen atoms in total. The zero-order valence-electron chi connectivity index (χ0n) is 14.9. The molecule has 0 saturated heterocycles. The minimum Gasteiger partial charge on any atom is -0.473 e. The lowest BCUT2D eigenvalue weighted by atomic mass is 10.1. The summed E-state index contributed by atoms with van der Waals surface area (Å²) < 4.78 is 5.84. The first kappa shape index (κ1) is 18.2. The van der Waals surface area contributed by atoms with Crippen molar-refractivity contribution in [2.45, 2.75) is 26.9 Å². The maximum atomic E-state index is 11.2. The van der Waals surface area contributed by atoms with Gasteiger partial charge in [0.1, 0.15) is 12.4 Å². The third-order valence-electron chi connectivity index (χ3n) is 3.97. The van der Waals surface area contributed by atoms with E-state index in [1.54, 1.807) is 19.2 Å². The summed E-state index contributed by atoms with van der Waals surface area (Å²) >= 11 is 0. The number of carbonyl (C=O) groups is 1. The molecule has 2 aromatic carbocycles. The highest BCUT2D eigenvalue weighted by Crippen LogP contribution is 2.19. The van der Waals surface area contributed by atoms with Gasteiger partial charge in [-0.1, -0.05) is 48.0 Å². The average Bonchev–Trinajstić information content (AvgIpc) is 2.61. The number of aryl methyl sites for hydroxylation is 1. The molecule has 132 valence electrons. The van der Waals surface area contributed by atoms with Crippen molar-refractivity contribution in [3.63, 3.8) is 0 Å². The minimum absolute atomic E-state index is 0.147. The van der Waals surface area contributed by atoms with Crippen LogP contribution in [-0.2, 0) is 17.8 Å². The van der Waals surface area contributed by atoms with Crippen LogP contribution in [0.1, 0.15) is 23.6 Å². The van der Waals surface area contributed by atoms with Crippen LogP contribution in [0.2, 0.25) is 0 Å². The van der Waals surface area contributed by atoms with Gasteiger partial charge in [0.25, 0.3) is 0 Å². The van der Waals surface area contributed by atoms with Crippen LogP contribution in [-0.4, -0.2) is 15.8 Å². The third-order valence-corrected chi connectivity index (χ3v) is 4.51. The van der Waals surface area contributed by atoms with Crippen LogP contribution in [0.25, 0.3) is 11.4 Å². The number of Topliss-reactive ketones (excluding diaryl/α,β-unsaturated/α-hetero) is 1. The van der Waals surface area contributed by atoms with Gasteiger partial charge in [0.05, 0.1) is 0 Å². The van der Waals surface area contributed by atoms with E-state index in [4.69, 9.17) is 4.74 Å². The highest BCUT2D eigenvalue weighted by Gasteiger charge is 2.06. The van der Waals surface area contributed by atoms with E-state index >= 15 is 0 Å². The van der Waals surface area contributed by atoms with Crippen molar-refractivity contribution in [3.05, 3.63) is 71.4 Å². The van der Waals surface area contributed by atoms with Gasteiger partial charge in [0, 0.05) is 24.2 Å². The number of hydrogen-bond donors (Lipinski definition) is 0. The SMILES string of the molecule is CC(=O)Cc1ccc(-c2nccc(OCc3ccc(C)cc3P)n2)cc1. The molecule has 0 radical (unpaired) electrons. The first-order valence-corrected chi connectivity index (χ1v) is 8.98. The van der Waals surface area contributed by atoms with E-state index in [2.05, 4.69) is 44.3 Å². The topological polar surface area (TPSA) is 52.1 Å². The molecule has 0 spiro atoms. The molecule has 5 heteroatoms. The second kappa shape index (κ2) is 8.20. The van der Waals surface area contributed by atoms with Crippen molar-refractivity contribution >= 4 is 20.3 Å². The highest BCUT2D eigenvalue weighted by atomic mass is 31.0. The molecule has 0 saturated carbocycles. The Morgan fingerprint density at radius 3 is 2.58 bits per heavy atom. The fraction of sp³-hybridized carbons (Fsp3) is 0.190. The van der Waals surface area contributed by atoms with E-state index in [0.29, 0.717) is 24.7 Å². The quantitative estimate of drug-likeness (QED) is 0.627. The van der Waals surface area contributed by atoms with Crippen molar-refractivity contribution in [2.24, 2.45) is 0 Å². The fourth-order valence-corrected chi connectivity index (χ4v) is 3.06. The van der Waals surface area contributed by atoms with Crippen molar-refractivity contribution in [3.8, 4) is 17.3 Å². The molecule has 0 amide bonds. The first-order valence-electron chi connectivity index (χ1n) is 8.41. The van der Waals surface area contributed by atoms with Gasteiger partial charge in [-0.2, -0.15) is 4.98 Å². The number of ketones is 1. The van der Waals surface area contributed by atoms with E-state index < -0.39 is 0 Å². The zero-order chi connectivity index (χ0) is 18.5. The number of hydrogen-bond acceptors (Lipinski definition) is 4. The van der Waals surface area contributed by atoms with E-state index in [1.807, 2.05) is 24.3 Å². The summed E-state index contributed by atoms with van der Waals surface area (Å²) in [5, 5.41) is 1.13. The number of carbonyl (C=O) groups excluding carboxylic acids is 1. The van der Waals surface area contributed by atoms with Gasteiger partial charge in [0.15, 0.2) is 5.82 Å². The van der Waals surface area contributed by atoms with Crippen LogP contribution < -0.4 is 10.0 Å². The lowest BCUT2D eigenvalue weighted by Gasteiger charge is -2.09. The third kappa shape index (κ3) is 4.74. The normalized spacial score (nSPS) is 10.6. The van der Waals surface area contributed by atoms with Crippen molar-refractivity contribution in [1.82, 2.24) is 9.97 Å². The molecule has 1 atom stereocenters. The van der Waals surface area contributed by atoms with E-state index in [1.165, 1.54) is 5.56 Å². The molecular weight excluding hydrogens is 343 g/mol. The van der Waals surface area contributed by atoms with Crippen LogP contribution in [0.3, 0.4) is 0 Å². The van der Waals surface area contributed by atoms with Gasteiger partial charge >= 0.3 is 0 Å². The summed E-state index contributed by atoms with van der Waals surface area (Å²) in [6, 6.07) is 15.7. The smallest absolute Gasteiger partial charge is 0.217 e. The summed E-state index contributed by atoms with van der Waals surface area (Å²) in [5.41, 5.74) is 4.21. The van der Waals surface area contributed by atoms with Gasteiger partial charge in [-0.25, -0.2) is 4.98 Å². The molecule has 1 unspecified atom stereocenters. The lowest BCUT2D eigenvalue weighted by molar-refractivity contribution is -0.116. The summed E-state index contributed by atoms with van der Waals surface area (Å²) in [4.78, 5) is 20.0. The standard InChI is InChI=1S/C21H21N2O2P/c1-14-3-6-18(19(26)11-14)13-25-20-9-10-22-21(23-20)17-7-4-16(5-8-17)12-15(2)24/h3-11H,12-13,26H2,1-2H3. The Morgan fingerprint density at radius 2 is 1.88 bits per heavy atom. The van der Waals surface area contributed by atoms with Gasteiger partial charge in [0.2, 0.25) is 5.88 Å². The Morgan fingerprint density at radius 1 is 1.12 bits per heavy atom. The summed E-state index contributed by atoms with van der Waals surface area (Å²) in [5.74, 6) is 1.29. The molecule has 1 aromatic heterocycles. The molecule has 0 aliphatic rings. The Balaban J connectivity index is 1.72. The number of ether oxygens (including phenoxy) is 1. The fourth-order valence-electron chi connectivity index (χ4n) is 2.62. The van der Waals surface area contributed by atoms with Crippen LogP contribution >= 0.6 is 9.24 Å². The van der Waals surface area contributed by atoms with Gasteiger partial charge < -0.3 is 4.74 Å². The summed E-state index contributed by atoms with van der Waals surface area (Å²) in [7, 11) is 2.74. The second-order valence-corrected chi connectivity index (χ2v) is 6.91. The second-order valence-electron chi connectivity index (χ2n) is 6.29. The van der Waals surface area contributed by atoms with Crippen LogP contribution in [0.5, 0.6) is 5.88 Å². The van der Waals surface area contributed by atoms with Crippen molar-refractivity contribution in [1.29, 1.82) is 0 Å². The molecule has 3 rings (SSSR count). The maximum Gasteiger partial charge on any atom is 0.217 e. The number of aromatic nitrogens is 2. The van der Waals surface area contributed by atoms with Crippen molar-refractivity contribution < 1.29 is 9.53 Å². The molecule has 0 aliphatic heterocycles. The number of rotatable bonds is 6. The van der Waals surface area contributed by atoms with Gasteiger partial charge in [-0.15, -0.1) is 9.24 Å². The van der Waals surface area contributed by atoms with Gasteiger partial charge in [-0.3, -0.25) is 4.79 Å². The van der Waals surface area contributed by atoms with Crippen LogP contribution in [0, 0.1) is 6.92 Å². The molecule has 0 N–H and O–H groups in total. The Labute approximate surface area is 155 Å². The molecule has 26 heavy (non-hydrogen) atoms. The predicted octanol–water partition coefficient (Wildman–Crippen LogP) is 3.66. The summed E-state index contributed by atoms with van der Waals surface area (Å²) in [6.07, 6.45) is 2.14. The Hall–Kier alpha value is -2.58. The number of nitrogens with zero attached hydrogens (tertiary/aromatic N) is 2. The van der Waals surface area contributed by atoms with Crippen molar-refractivity contribution in [2.75, 3.05) is 0 Å². The zero-order valence-corrected chi connectivity index (χ0v) is 16.1. The van der Waals surface area contributed by atoms with E-state index in [-0.39, 0.29) is 5.78 Å². The molecule has 0 bridgehead atoms. The maximum absolute atomic E-state index is 11.2. The lowest BCUT2D eigenvalue weighted by Crippen LogP contribution is -2.07. The monoisotopic (exact) mass is 364 g/mol. The average molecular weight is 364 g/mol. The molecule has 0 aliphatic carbocycles.